The molecule has 0 heterocycles. The van der Waals surface area contributed by atoms with Crippen LogP contribution in [0.25, 0.3) is 0 Å². The average molecular weight is 317 g/mol. The zero-order valence-corrected chi connectivity index (χ0v) is 12.7. The Morgan fingerprint density at radius 1 is 1.50 bits per heavy atom. The summed E-state index contributed by atoms with van der Waals surface area (Å²) in [5.41, 5.74) is 0.934. The van der Waals surface area contributed by atoms with E-state index >= 15 is 0 Å². The maximum Gasteiger partial charge on any atom is 0.231 e. The fourth-order valence-corrected chi connectivity index (χ4v) is 2.33. The van der Waals surface area contributed by atoms with E-state index < -0.39 is 11.0 Å². The maximum absolute atomic E-state index is 11.3. The molecule has 7 heteroatoms. The number of carbonyl (C=O) groups excluding carboxylic acids is 2. The van der Waals surface area contributed by atoms with Crippen molar-refractivity contribution in [2.24, 2.45) is 0 Å². The van der Waals surface area contributed by atoms with Gasteiger partial charge in [0.1, 0.15) is 11.0 Å². The minimum atomic E-state index is -1.34. The first-order valence-corrected chi connectivity index (χ1v) is 8.01. The molecule has 0 bridgehead atoms. The van der Waals surface area contributed by atoms with Crippen molar-refractivity contribution in [2.45, 2.75) is 19.4 Å². The number of amides is 2. The molecule has 0 radical (unpaired) electrons. The van der Waals surface area contributed by atoms with Gasteiger partial charge in [0.05, 0.1) is 0 Å². The molecule has 1 N–H and O–H groups in total. The molecule has 1 aromatic carbocycles. The van der Waals surface area contributed by atoms with Crippen LogP contribution in [0.15, 0.2) is 24.3 Å². The van der Waals surface area contributed by atoms with Crippen LogP contribution in [0.2, 0.25) is 5.02 Å². The van der Waals surface area contributed by atoms with Gasteiger partial charge in [-0.25, -0.2) is 4.21 Å². The number of halogens is 1. The smallest absolute Gasteiger partial charge is 0.231 e. The normalized spacial score (nSPS) is 11.7. The van der Waals surface area contributed by atoms with Crippen LogP contribution in [0.4, 0.5) is 0 Å². The molecule has 0 fully saturated rings. The molecule has 0 saturated heterocycles. The van der Waals surface area contributed by atoms with E-state index in [0.717, 1.165) is 12.0 Å². The van der Waals surface area contributed by atoms with Crippen molar-refractivity contribution in [3.63, 3.8) is 0 Å². The highest BCUT2D eigenvalue weighted by molar-refractivity contribution is 7.82. The van der Waals surface area contributed by atoms with E-state index in [2.05, 4.69) is 4.72 Å². The minimum Gasteiger partial charge on any atom is -0.341 e. The van der Waals surface area contributed by atoms with Crippen molar-refractivity contribution in [3.05, 3.63) is 34.9 Å². The summed E-state index contributed by atoms with van der Waals surface area (Å²) in [6.45, 7) is 0.908. The molecule has 0 aromatic heterocycles. The molecule has 0 aliphatic rings. The van der Waals surface area contributed by atoms with Gasteiger partial charge in [0.25, 0.3) is 0 Å². The van der Waals surface area contributed by atoms with Crippen LogP contribution in [-0.2, 0) is 27.1 Å². The minimum absolute atomic E-state index is 0.236. The Hall–Kier alpha value is -1.40. The first-order valence-electron chi connectivity index (χ1n) is 6.08. The lowest BCUT2D eigenvalue weighted by Gasteiger charge is -2.17. The monoisotopic (exact) mass is 316 g/mol. The molecular weight excluding hydrogens is 300 g/mol. The van der Waals surface area contributed by atoms with Crippen molar-refractivity contribution in [1.82, 2.24) is 9.62 Å². The summed E-state index contributed by atoms with van der Waals surface area (Å²) in [6.07, 6.45) is 2.90. The maximum atomic E-state index is 11.3. The predicted octanol–water partition coefficient (Wildman–Crippen LogP) is 1.49. The quantitative estimate of drug-likeness (QED) is 0.739. The van der Waals surface area contributed by atoms with E-state index in [0.29, 0.717) is 24.5 Å². The van der Waals surface area contributed by atoms with E-state index in [9.17, 15) is 13.8 Å². The Balaban J connectivity index is 2.38. The standard InChI is InChI=1S/C13H17ClN2O3S/c1-20(19)15-13(18)6-3-7-16(10-17)9-11-4-2-5-12(14)8-11/h2,4-5,8,10H,3,6-7,9H2,1H3,(H,15,18). The molecule has 0 saturated carbocycles. The molecule has 1 aromatic rings. The third-order valence-electron chi connectivity index (χ3n) is 2.53. The molecule has 0 aliphatic carbocycles. The Morgan fingerprint density at radius 2 is 2.25 bits per heavy atom. The number of hydrogen-bond acceptors (Lipinski definition) is 3. The third kappa shape index (κ3) is 6.68. The Morgan fingerprint density at radius 3 is 2.85 bits per heavy atom. The number of nitrogens with zero attached hydrogens (tertiary/aromatic N) is 1. The lowest BCUT2D eigenvalue weighted by Crippen LogP contribution is -2.27. The fourth-order valence-electron chi connectivity index (χ4n) is 1.69. The van der Waals surface area contributed by atoms with Crippen molar-refractivity contribution < 1.29 is 13.8 Å². The van der Waals surface area contributed by atoms with Gasteiger partial charge in [0, 0.05) is 30.8 Å². The van der Waals surface area contributed by atoms with Gasteiger partial charge in [0.15, 0.2) is 0 Å². The topological polar surface area (TPSA) is 66.5 Å². The summed E-state index contributed by atoms with van der Waals surface area (Å²) >= 11 is 5.88. The molecule has 0 aliphatic heterocycles. The molecule has 20 heavy (non-hydrogen) atoms. The highest BCUT2D eigenvalue weighted by Gasteiger charge is 2.07. The number of rotatable bonds is 8. The van der Waals surface area contributed by atoms with Gasteiger partial charge in [-0.05, 0) is 24.1 Å². The third-order valence-corrected chi connectivity index (χ3v) is 3.28. The van der Waals surface area contributed by atoms with Gasteiger partial charge in [-0.1, -0.05) is 23.7 Å². The van der Waals surface area contributed by atoms with Gasteiger partial charge >= 0.3 is 0 Å². The van der Waals surface area contributed by atoms with E-state index in [1.54, 1.807) is 17.0 Å². The first-order chi connectivity index (χ1) is 9.51. The Bertz CT molecular complexity index is 496. The van der Waals surface area contributed by atoms with Crippen LogP contribution in [0, 0.1) is 0 Å². The van der Waals surface area contributed by atoms with Crippen molar-refractivity contribution in [2.75, 3.05) is 12.8 Å². The zero-order valence-electron chi connectivity index (χ0n) is 11.2. The SMILES string of the molecule is CS(=O)NC(=O)CCCN(C=O)Cc1cccc(Cl)c1. The molecule has 1 rings (SSSR count). The molecule has 110 valence electrons. The first kappa shape index (κ1) is 16.7. The number of hydrogen-bond donors (Lipinski definition) is 1. The van der Waals surface area contributed by atoms with Crippen molar-refractivity contribution in [3.8, 4) is 0 Å². The lowest BCUT2D eigenvalue weighted by atomic mass is 10.2. The number of carbonyl (C=O) groups is 2. The molecule has 5 nitrogen and oxygen atoms in total. The Labute approximate surface area is 125 Å². The number of benzene rings is 1. The van der Waals surface area contributed by atoms with Gasteiger partial charge < -0.3 is 4.90 Å². The van der Waals surface area contributed by atoms with Gasteiger partial charge in [-0.3, -0.25) is 14.3 Å². The lowest BCUT2D eigenvalue weighted by molar-refractivity contribution is -0.121. The van der Waals surface area contributed by atoms with Crippen LogP contribution in [0.1, 0.15) is 18.4 Å². The highest BCUT2D eigenvalue weighted by Crippen LogP contribution is 2.12. The van der Waals surface area contributed by atoms with Crippen LogP contribution >= 0.6 is 11.6 Å². The second-order valence-corrected chi connectivity index (χ2v) is 5.84. The highest BCUT2D eigenvalue weighted by atomic mass is 35.5. The molecule has 1 atom stereocenters. The molecule has 0 spiro atoms. The molecule has 1 unspecified atom stereocenters. The molecule has 2 amide bonds. The van der Waals surface area contributed by atoms with E-state index in [1.807, 2.05) is 12.1 Å². The van der Waals surface area contributed by atoms with Crippen LogP contribution < -0.4 is 4.72 Å². The van der Waals surface area contributed by atoms with Gasteiger partial charge in [-0.15, -0.1) is 0 Å². The molecular formula is C13H17ClN2O3S. The van der Waals surface area contributed by atoms with E-state index in [-0.39, 0.29) is 12.3 Å². The van der Waals surface area contributed by atoms with Crippen molar-refractivity contribution >= 4 is 34.9 Å². The summed E-state index contributed by atoms with van der Waals surface area (Å²) in [4.78, 5) is 23.9. The summed E-state index contributed by atoms with van der Waals surface area (Å²) in [5.74, 6) is -0.278. The predicted molar refractivity (Wildman–Crippen MR) is 79.4 cm³/mol. The largest absolute Gasteiger partial charge is 0.341 e. The fraction of sp³-hybridized carbons (Fsp3) is 0.385. The summed E-state index contributed by atoms with van der Waals surface area (Å²) in [6, 6.07) is 7.27. The summed E-state index contributed by atoms with van der Waals surface area (Å²) in [7, 11) is -1.34. The van der Waals surface area contributed by atoms with Crippen molar-refractivity contribution in [1.29, 1.82) is 0 Å². The zero-order chi connectivity index (χ0) is 15.0. The van der Waals surface area contributed by atoms with Gasteiger partial charge in [-0.2, -0.15) is 0 Å². The van der Waals surface area contributed by atoms with E-state index in [4.69, 9.17) is 11.6 Å². The van der Waals surface area contributed by atoms with E-state index in [1.165, 1.54) is 6.26 Å². The van der Waals surface area contributed by atoms with Crippen LogP contribution in [0.3, 0.4) is 0 Å². The van der Waals surface area contributed by atoms with Crippen LogP contribution in [0.5, 0.6) is 0 Å². The average Bonchev–Trinajstić information content (AvgIpc) is 2.36. The van der Waals surface area contributed by atoms with Gasteiger partial charge in [0.2, 0.25) is 12.3 Å². The second-order valence-electron chi connectivity index (χ2n) is 4.29. The summed E-state index contributed by atoms with van der Waals surface area (Å²) in [5, 5.41) is 0.623. The summed E-state index contributed by atoms with van der Waals surface area (Å²) < 4.78 is 13.1. The number of nitrogens with one attached hydrogen (secondary N) is 1. The van der Waals surface area contributed by atoms with Crippen LogP contribution in [-0.4, -0.2) is 34.2 Å². The second kappa shape index (κ2) is 8.71. The Kier molecular flexibility index (Phi) is 7.25.